The molecule has 1 fully saturated rings. The Morgan fingerprint density at radius 2 is 1.48 bits per heavy atom. The van der Waals surface area contributed by atoms with E-state index < -0.39 is 16.5 Å². The molecule has 3 rings (SSSR count). The molecule has 158 valence electrons. The van der Waals surface area contributed by atoms with Crippen LogP contribution in [-0.2, 0) is 16.5 Å². The Balaban J connectivity index is 1.93. The van der Waals surface area contributed by atoms with Gasteiger partial charge < -0.3 is 9.80 Å². The summed E-state index contributed by atoms with van der Waals surface area (Å²) in [5.41, 5.74) is 2.47. The number of nitrogens with zero attached hydrogens (tertiary/aromatic N) is 4. The highest BCUT2D eigenvalue weighted by Gasteiger charge is 2.35. The van der Waals surface area contributed by atoms with E-state index in [1.54, 1.807) is 0 Å². The molecule has 2 atom stereocenters. The van der Waals surface area contributed by atoms with E-state index in [2.05, 4.69) is 69.7 Å². The number of aromatic nitrogens is 2. The molecule has 2 heterocycles. The highest BCUT2D eigenvalue weighted by Crippen LogP contribution is 2.31. The number of benzene rings is 1. The topological polar surface area (TPSA) is 61.4 Å². The van der Waals surface area contributed by atoms with Gasteiger partial charge in [-0.3, -0.25) is 0 Å². The van der Waals surface area contributed by atoms with E-state index in [9.17, 15) is 4.21 Å². The molecule has 0 unspecified atom stereocenters. The SMILES string of the molecule is Cc1ccc([C@](C)(N[S@@](=O)C(C)(C)C)c2cnc(N3CCN(C)CC3)nc2)cc1. The van der Waals surface area contributed by atoms with Crippen molar-refractivity contribution in [3.63, 3.8) is 0 Å². The van der Waals surface area contributed by atoms with Gasteiger partial charge in [0, 0.05) is 44.1 Å². The molecule has 6 nitrogen and oxygen atoms in total. The third-order valence-electron chi connectivity index (χ3n) is 5.48. The van der Waals surface area contributed by atoms with Gasteiger partial charge in [0.15, 0.2) is 0 Å². The number of rotatable bonds is 5. The summed E-state index contributed by atoms with van der Waals surface area (Å²) < 4.78 is 16.0. The molecule has 29 heavy (non-hydrogen) atoms. The van der Waals surface area contributed by atoms with Crippen LogP contribution in [0.5, 0.6) is 0 Å². The van der Waals surface area contributed by atoms with Gasteiger partial charge in [0.05, 0.1) is 21.3 Å². The van der Waals surface area contributed by atoms with E-state index in [-0.39, 0.29) is 4.75 Å². The Morgan fingerprint density at radius 3 is 2.00 bits per heavy atom. The molecule has 1 aliphatic heterocycles. The van der Waals surface area contributed by atoms with Gasteiger partial charge in [0.2, 0.25) is 5.95 Å². The van der Waals surface area contributed by atoms with Crippen molar-refractivity contribution in [3.05, 3.63) is 53.3 Å². The first-order chi connectivity index (χ1) is 13.6. The first kappa shape index (κ1) is 21.9. The molecule has 1 aromatic carbocycles. The van der Waals surface area contributed by atoms with Gasteiger partial charge in [-0.1, -0.05) is 29.8 Å². The maximum Gasteiger partial charge on any atom is 0.225 e. The van der Waals surface area contributed by atoms with Crippen LogP contribution in [0.15, 0.2) is 36.7 Å². The summed E-state index contributed by atoms with van der Waals surface area (Å²) in [5, 5.41) is 0. The second-order valence-electron chi connectivity index (χ2n) is 9.04. The Bertz CT molecular complexity index is 839. The Hall–Kier alpha value is -1.83. The molecule has 0 saturated carbocycles. The quantitative estimate of drug-likeness (QED) is 0.814. The molecule has 1 N–H and O–H groups in total. The zero-order valence-corrected chi connectivity index (χ0v) is 19.2. The zero-order chi connectivity index (χ0) is 21.2. The number of hydrogen-bond acceptors (Lipinski definition) is 5. The van der Waals surface area contributed by atoms with Gasteiger partial charge in [-0.2, -0.15) is 0 Å². The third-order valence-corrected chi connectivity index (χ3v) is 7.19. The largest absolute Gasteiger partial charge is 0.338 e. The van der Waals surface area contributed by atoms with Gasteiger partial charge in [0.25, 0.3) is 0 Å². The average molecular weight is 416 g/mol. The van der Waals surface area contributed by atoms with Crippen LogP contribution in [0.25, 0.3) is 0 Å². The van der Waals surface area contributed by atoms with Crippen molar-refractivity contribution in [1.82, 2.24) is 19.6 Å². The van der Waals surface area contributed by atoms with Crippen LogP contribution in [-0.4, -0.2) is 57.1 Å². The summed E-state index contributed by atoms with van der Waals surface area (Å²) in [5.74, 6) is 0.755. The van der Waals surface area contributed by atoms with Crippen LogP contribution in [0, 0.1) is 6.92 Å². The number of anilines is 1. The predicted octanol–water partition coefficient (Wildman–Crippen LogP) is 2.85. The number of likely N-dealkylation sites (N-methyl/N-ethyl adjacent to an activating group) is 1. The number of piperazine rings is 1. The van der Waals surface area contributed by atoms with Crippen molar-refractivity contribution in [3.8, 4) is 0 Å². The zero-order valence-electron chi connectivity index (χ0n) is 18.4. The van der Waals surface area contributed by atoms with Crippen LogP contribution in [0.3, 0.4) is 0 Å². The fourth-order valence-electron chi connectivity index (χ4n) is 3.26. The maximum atomic E-state index is 13.0. The molecule has 0 bridgehead atoms. The lowest BCUT2D eigenvalue weighted by Gasteiger charge is -2.35. The van der Waals surface area contributed by atoms with Crippen molar-refractivity contribution in [2.24, 2.45) is 0 Å². The van der Waals surface area contributed by atoms with Crippen molar-refractivity contribution < 1.29 is 4.21 Å². The first-order valence-corrected chi connectivity index (χ1v) is 11.3. The molecule has 0 aliphatic carbocycles. The van der Waals surface area contributed by atoms with E-state index in [1.807, 2.05) is 33.2 Å². The Kier molecular flexibility index (Phi) is 6.41. The molecular formula is C22H33N5OS. The second kappa shape index (κ2) is 8.50. The molecule has 7 heteroatoms. The lowest BCUT2D eigenvalue weighted by atomic mass is 9.87. The number of aryl methyl sites for hydroxylation is 1. The normalized spacial score (nSPS) is 19.0. The molecule has 0 radical (unpaired) electrons. The summed E-state index contributed by atoms with van der Waals surface area (Å²) >= 11 is 0. The van der Waals surface area contributed by atoms with Crippen LogP contribution in [0.1, 0.15) is 44.4 Å². The van der Waals surface area contributed by atoms with E-state index in [1.165, 1.54) is 5.56 Å². The van der Waals surface area contributed by atoms with Crippen molar-refractivity contribution >= 4 is 16.9 Å². The minimum atomic E-state index is -1.25. The van der Waals surface area contributed by atoms with Crippen LogP contribution in [0.4, 0.5) is 5.95 Å². The fraction of sp³-hybridized carbons (Fsp3) is 0.545. The lowest BCUT2D eigenvalue weighted by molar-refractivity contribution is 0.311. The average Bonchev–Trinajstić information content (AvgIpc) is 2.68. The Labute approximate surface area is 177 Å². The minimum absolute atomic E-state index is 0.382. The number of hydrogen-bond donors (Lipinski definition) is 1. The molecule has 0 spiro atoms. The summed E-state index contributed by atoms with van der Waals surface area (Å²) in [6.45, 7) is 13.9. The monoisotopic (exact) mass is 415 g/mol. The fourth-order valence-corrected chi connectivity index (χ4v) is 4.17. The molecule has 1 saturated heterocycles. The molecule has 0 amide bonds. The Morgan fingerprint density at radius 1 is 0.931 bits per heavy atom. The van der Waals surface area contributed by atoms with Gasteiger partial charge in [-0.15, -0.1) is 0 Å². The smallest absolute Gasteiger partial charge is 0.225 e. The highest BCUT2D eigenvalue weighted by atomic mass is 32.2. The minimum Gasteiger partial charge on any atom is -0.338 e. The maximum absolute atomic E-state index is 13.0. The second-order valence-corrected chi connectivity index (χ2v) is 11.0. The standard InChI is InChI=1S/C22H33N5OS/c1-17-7-9-18(10-8-17)22(5,25-29(28)21(2,3)4)19-15-23-20(24-16-19)27-13-11-26(6)12-14-27/h7-10,15-16,25H,11-14H2,1-6H3/t22-,29-/m0/s1. The third kappa shape index (κ3) is 5.02. The van der Waals surface area contributed by atoms with Gasteiger partial charge in [-0.05, 0) is 47.2 Å². The van der Waals surface area contributed by atoms with Crippen molar-refractivity contribution in [2.75, 3.05) is 38.1 Å². The van der Waals surface area contributed by atoms with E-state index >= 15 is 0 Å². The lowest BCUT2D eigenvalue weighted by Crippen LogP contribution is -2.47. The summed E-state index contributed by atoms with van der Waals surface area (Å²) in [6, 6.07) is 8.32. The van der Waals surface area contributed by atoms with Crippen molar-refractivity contribution in [1.29, 1.82) is 0 Å². The van der Waals surface area contributed by atoms with Crippen LogP contribution in [0.2, 0.25) is 0 Å². The molecular weight excluding hydrogens is 382 g/mol. The molecule has 1 aromatic heterocycles. The van der Waals surface area contributed by atoms with Gasteiger partial charge >= 0.3 is 0 Å². The summed E-state index contributed by atoms with van der Waals surface area (Å²) in [6.07, 6.45) is 3.74. The number of nitrogens with one attached hydrogen (secondary N) is 1. The van der Waals surface area contributed by atoms with E-state index in [0.717, 1.165) is 43.3 Å². The predicted molar refractivity (Wildman–Crippen MR) is 120 cm³/mol. The summed E-state index contributed by atoms with van der Waals surface area (Å²) in [7, 11) is 0.886. The van der Waals surface area contributed by atoms with Crippen LogP contribution >= 0.6 is 0 Å². The van der Waals surface area contributed by atoms with Gasteiger partial charge in [0.1, 0.15) is 0 Å². The summed E-state index contributed by atoms with van der Waals surface area (Å²) in [4.78, 5) is 13.9. The van der Waals surface area contributed by atoms with E-state index in [4.69, 9.17) is 0 Å². The van der Waals surface area contributed by atoms with Crippen molar-refractivity contribution in [2.45, 2.75) is 44.9 Å². The first-order valence-electron chi connectivity index (χ1n) is 10.1. The molecule has 2 aromatic rings. The highest BCUT2D eigenvalue weighted by molar-refractivity contribution is 7.84. The van der Waals surface area contributed by atoms with E-state index in [0.29, 0.717) is 0 Å². The van der Waals surface area contributed by atoms with Gasteiger partial charge in [-0.25, -0.2) is 18.9 Å². The molecule has 1 aliphatic rings. The van der Waals surface area contributed by atoms with Crippen LogP contribution < -0.4 is 9.62 Å².